The number of amides is 1. The maximum atomic E-state index is 13.5. The molecule has 0 aliphatic rings. The minimum Gasteiger partial charge on any atom is -0.331 e. The summed E-state index contributed by atoms with van der Waals surface area (Å²) in [5.41, 5.74) is 2.97. The highest BCUT2D eigenvalue weighted by atomic mass is 19.1. The van der Waals surface area contributed by atoms with Crippen molar-refractivity contribution in [2.45, 2.75) is 13.1 Å². The number of hydrogen-bond acceptors (Lipinski definition) is 3. The highest BCUT2D eigenvalue weighted by Gasteiger charge is 2.13. The van der Waals surface area contributed by atoms with Crippen molar-refractivity contribution in [3.8, 4) is 6.07 Å². The van der Waals surface area contributed by atoms with E-state index in [1.807, 2.05) is 12.1 Å². The van der Waals surface area contributed by atoms with Crippen LogP contribution in [0.25, 0.3) is 6.08 Å². The third-order valence-corrected chi connectivity index (χ3v) is 4.17. The predicted octanol–water partition coefficient (Wildman–Crippen LogP) is 3.67. The number of carbonyl (C=O) groups is 1. The van der Waals surface area contributed by atoms with E-state index in [1.165, 1.54) is 18.2 Å². The highest BCUT2D eigenvalue weighted by molar-refractivity contribution is 5.91. The SMILES string of the molecule is Cn1cc(/C=C/C(=O)N(Cc2ccc(C#N)cc2)Cc2cccc(F)c2)cn1. The molecule has 0 N–H and O–H groups in total. The minimum atomic E-state index is -0.339. The van der Waals surface area contributed by atoms with E-state index in [0.29, 0.717) is 17.7 Å². The Bertz CT molecular complexity index is 1030. The molecule has 0 radical (unpaired) electrons. The summed E-state index contributed by atoms with van der Waals surface area (Å²) in [5.74, 6) is -0.536. The number of carbonyl (C=O) groups excluding carboxylic acids is 1. The Hall–Kier alpha value is -3.72. The van der Waals surface area contributed by atoms with Crippen LogP contribution in [0.2, 0.25) is 0 Å². The van der Waals surface area contributed by atoms with Gasteiger partial charge in [0.2, 0.25) is 5.91 Å². The molecule has 6 heteroatoms. The lowest BCUT2D eigenvalue weighted by Gasteiger charge is -2.22. The maximum absolute atomic E-state index is 13.5. The topological polar surface area (TPSA) is 61.9 Å². The Kier molecular flexibility index (Phi) is 5.97. The van der Waals surface area contributed by atoms with Crippen LogP contribution in [0.5, 0.6) is 0 Å². The summed E-state index contributed by atoms with van der Waals surface area (Å²) in [6.45, 7) is 0.617. The van der Waals surface area contributed by atoms with Gasteiger partial charge in [-0.3, -0.25) is 9.48 Å². The number of hydrogen-bond donors (Lipinski definition) is 0. The third-order valence-electron chi connectivity index (χ3n) is 4.17. The quantitative estimate of drug-likeness (QED) is 0.619. The first kappa shape index (κ1) is 19.1. The van der Waals surface area contributed by atoms with E-state index in [9.17, 15) is 9.18 Å². The Balaban J connectivity index is 1.80. The molecule has 5 nitrogen and oxygen atoms in total. The van der Waals surface area contributed by atoms with Crippen molar-refractivity contribution in [1.29, 1.82) is 5.26 Å². The van der Waals surface area contributed by atoms with Gasteiger partial charge in [-0.25, -0.2) is 4.39 Å². The molecule has 0 aliphatic heterocycles. The van der Waals surface area contributed by atoms with Gasteiger partial charge in [-0.05, 0) is 41.5 Å². The summed E-state index contributed by atoms with van der Waals surface area (Å²) in [7, 11) is 1.81. The second-order valence-electron chi connectivity index (χ2n) is 6.41. The summed E-state index contributed by atoms with van der Waals surface area (Å²) in [5, 5.41) is 13.0. The van der Waals surface area contributed by atoms with Gasteiger partial charge in [0.15, 0.2) is 0 Å². The van der Waals surface area contributed by atoms with Crippen LogP contribution in [0.4, 0.5) is 4.39 Å². The first-order valence-corrected chi connectivity index (χ1v) is 8.72. The zero-order valence-electron chi connectivity index (χ0n) is 15.4. The van der Waals surface area contributed by atoms with Crippen LogP contribution in [0.1, 0.15) is 22.3 Å². The molecule has 2 aromatic carbocycles. The molecule has 0 atom stereocenters. The lowest BCUT2D eigenvalue weighted by Crippen LogP contribution is -2.28. The molecular weight excluding hydrogens is 355 g/mol. The van der Waals surface area contributed by atoms with Crippen LogP contribution < -0.4 is 0 Å². The molecule has 140 valence electrons. The van der Waals surface area contributed by atoms with Crippen molar-refractivity contribution in [2.24, 2.45) is 7.05 Å². The summed E-state index contributed by atoms with van der Waals surface area (Å²) in [6.07, 6.45) is 6.66. The number of halogens is 1. The molecule has 0 unspecified atom stereocenters. The number of aryl methyl sites for hydroxylation is 1. The fourth-order valence-electron chi connectivity index (χ4n) is 2.77. The van der Waals surface area contributed by atoms with Crippen LogP contribution in [0.15, 0.2) is 67.0 Å². The standard InChI is InChI=1S/C22H19FN4O/c1-26-14-20(13-25-26)9-10-22(28)27(16-19-3-2-4-21(23)11-19)15-18-7-5-17(12-24)6-8-18/h2-11,13-14H,15-16H2,1H3/b10-9+. The molecule has 1 amide bonds. The Morgan fingerprint density at radius 3 is 2.61 bits per heavy atom. The van der Waals surface area contributed by atoms with Crippen molar-refractivity contribution >= 4 is 12.0 Å². The molecule has 0 bridgehead atoms. The summed E-state index contributed by atoms with van der Waals surface area (Å²) in [6, 6.07) is 15.3. The van der Waals surface area contributed by atoms with Crippen LogP contribution in [-0.4, -0.2) is 20.6 Å². The molecule has 0 saturated heterocycles. The van der Waals surface area contributed by atoms with Gasteiger partial charge in [0, 0.05) is 38.0 Å². The second kappa shape index (κ2) is 8.78. The smallest absolute Gasteiger partial charge is 0.247 e. The Morgan fingerprint density at radius 2 is 1.96 bits per heavy atom. The number of rotatable bonds is 6. The normalized spacial score (nSPS) is 10.8. The third kappa shape index (κ3) is 5.15. The molecule has 1 aromatic heterocycles. The fourth-order valence-corrected chi connectivity index (χ4v) is 2.77. The van der Waals surface area contributed by atoms with Gasteiger partial charge < -0.3 is 4.90 Å². The number of aromatic nitrogens is 2. The van der Waals surface area contributed by atoms with Gasteiger partial charge in [0.1, 0.15) is 5.82 Å². The minimum absolute atomic E-state index is 0.197. The maximum Gasteiger partial charge on any atom is 0.247 e. The Morgan fingerprint density at radius 1 is 1.21 bits per heavy atom. The summed E-state index contributed by atoms with van der Waals surface area (Å²) < 4.78 is 15.2. The van der Waals surface area contributed by atoms with Crippen molar-refractivity contribution in [2.75, 3.05) is 0 Å². The zero-order chi connectivity index (χ0) is 19.9. The predicted molar refractivity (Wildman–Crippen MR) is 104 cm³/mol. The van der Waals surface area contributed by atoms with Crippen molar-refractivity contribution < 1.29 is 9.18 Å². The molecule has 0 spiro atoms. The van der Waals surface area contributed by atoms with E-state index in [4.69, 9.17) is 5.26 Å². The monoisotopic (exact) mass is 374 g/mol. The van der Waals surface area contributed by atoms with E-state index in [0.717, 1.165) is 11.1 Å². The molecule has 1 heterocycles. The van der Waals surface area contributed by atoms with Gasteiger partial charge in [0.05, 0.1) is 17.8 Å². The first-order chi connectivity index (χ1) is 13.5. The van der Waals surface area contributed by atoms with Crippen molar-refractivity contribution in [1.82, 2.24) is 14.7 Å². The molecule has 3 rings (SSSR count). The second-order valence-corrected chi connectivity index (χ2v) is 6.41. The van der Waals surface area contributed by atoms with Crippen LogP contribution in [0, 0.1) is 17.1 Å². The van der Waals surface area contributed by atoms with Crippen molar-refractivity contribution in [3.63, 3.8) is 0 Å². The van der Waals surface area contributed by atoms with Crippen LogP contribution in [-0.2, 0) is 24.9 Å². The van der Waals surface area contributed by atoms with Gasteiger partial charge in [-0.15, -0.1) is 0 Å². The molecule has 0 saturated carbocycles. The molecular formula is C22H19FN4O. The average molecular weight is 374 g/mol. The highest BCUT2D eigenvalue weighted by Crippen LogP contribution is 2.14. The largest absolute Gasteiger partial charge is 0.331 e. The van der Waals surface area contributed by atoms with Gasteiger partial charge in [-0.2, -0.15) is 10.4 Å². The van der Waals surface area contributed by atoms with Gasteiger partial charge in [0.25, 0.3) is 0 Å². The van der Waals surface area contributed by atoms with E-state index in [-0.39, 0.29) is 18.3 Å². The van der Waals surface area contributed by atoms with Gasteiger partial charge >= 0.3 is 0 Å². The number of benzene rings is 2. The Labute approximate surface area is 162 Å². The first-order valence-electron chi connectivity index (χ1n) is 8.72. The fraction of sp³-hybridized carbons (Fsp3) is 0.136. The van der Waals surface area contributed by atoms with Crippen LogP contribution in [0.3, 0.4) is 0 Å². The van der Waals surface area contributed by atoms with E-state index >= 15 is 0 Å². The lowest BCUT2D eigenvalue weighted by atomic mass is 10.1. The average Bonchev–Trinajstić information content (AvgIpc) is 3.11. The lowest BCUT2D eigenvalue weighted by molar-refractivity contribution is -0.127. The number of nitrogens with zero attached hydrogens (tertiary/aromatic N) is 4. The molecule has 3 aromatic rings. The van der Waals surface area contributed by atoms with Gasteiger partial charge in [-0.1, -0.05) is 24.3 Å². The van der Waals surface area contributed by atoms with E-state index < -0.39 is 0 Å². The zero-order valence-corrected chi connectivity index (χ0v) is 15.4. The summed E-state index contributed by atoms with van der Waals surface area (Å²) >= 11 is 0. The van der Waals surface area contributed by atoms with Crippen LogP contribution >= 0.6 is 0 Å². The molecule has 0 aliphatic carbocycles. The summed E-state index contributed by atoms with van der Waals surface area (Å²) in [4.78, 5) is 14.4. The molecule has 28 heavy (non-hydrogen) atoms. The van der Waals surface area contributed by atoms with Crippen molar-refractivity contribution in [3.05, 3.63) is 95.1 Å². The van der Waals surface area contributed by atoms with E-state index in [2.05, 4.69) is 11.2 Å². The number of nitriles is 1. The van der Waals surface area contributed by atoms with E-state index in [1.54, 1.807) is 59.4 Å². The molecule has 0 fully saturated rings.